The van der Waals surface area contributed by atoms with Gasteiger partial charge in [0, 0.05) is 30.8 Å². The smallest absolute Gasteiger partial charge is 0.167 e. The Bertz CT molecular complexity index is 636. The van der Waals surface area contributed by atoms with Gasteiger partial charge in [-0.05, 0) is 36.6 Å². The van der Waals surface area contributed by atoms with E-state index >= 15 is 0 Å². The van der Waals surface area contributed by atoms with Crippen molar-refractivity contribution in [3.63, 3.8) is 0 Å². The van der Waals surface area contributed by atoms with Crippen molar-refractivity contribution >= 4 is 21.3 Å². The van der Waals surface area contributed by atoms with E-state index < -0.39 is 9.84 Å². The highest BCUT2D eigenvalue weighted by molar-refractivity contribution is 7.91. The molecule has 1 unspecified atom stereocenters. The summed E-state index contributed by atoms with van der Waals surface area (Å²) in [5, 5.41) is 0. The number of nitrogens with zero attached hydrogens (tertiary/aromatic N) is 1. The van der Waals surface area contributed by atoms with Crippen molar-refractivity contribution in [1.82, 2.24) is 0 Å². The quantitative estimate of drug-likeness (QED) is 0.766. The first-order chi connectivity index (χ1) is 8.96. The van der Waals surface area contributed by atoms with E-state index in [0.717, 1.165) is 13.0 Å². The molecule has 0 N–H and O–H groups in total. The number of ketones is 1. The second kappa shape index (κ2) is 4.34. The summed E-state index contributed by atoms with van der Waals surface area (Å²) in [5.74, 6) is -0.194. The molecular weight excluding hydrogens is 262 g/mol. The van der Waals surface area contributed by atoms with Gasteiger partial charge in [-0.3, -0.25) is 4.79 Å². The highest BCUT2D eigenvalue weighted by Crippen LogP contribution is 2.29. The molecule has 4 nitrogen and oxygen atoms in total. The van der Waals surface area contributed by atoms with Crippen LogP contribution in [0.25, 0.3) is 0 Å². The van der Waals surface area contributed by atoms with Gasteiger partial charge in [-0.2, -0.15) is 0 Å². The minimum Gasteiger partial charge on any atom is -0.374 e. The molecule has 2 heterocycles. The zero-order valence-electron chi connectivity index (χ0n) is 10.9. The van der Waals surface area contributed by atoms with Gasteiger partial charge < -0.3 is 4.90 Å². The van der Waals surface area contributed by atoms with Gasteiger partial charge in [-0.25, -0.2) is 8.42 Å². The van der Waals surface area contributed by atoms with Crippen molar-refractivity contribution in [2.24, 2.45) is 5.92 Å². The molecule has 19 heavy (non-hydrogen) atoms. The van der Waals surface area contributed by atoms with Crippen molar-refractivity contribution in [2.75, 3.05) is 30.0 Å². The summed E-state index contributed by atoms with van der Waals surface area (Å²) in [6.07, 6.45) is 1.42. The van der Waals surface area contributed by atoms with Crippen molar-refractivity contribution in [1.29, 1.82) is 0 Å². The van der Waals surface area contributed by atoms with Crippen LogP contribution in [0.1, 0.15) is 22.3 Å². The number of fused-ring (bicyclic) bond motifs is 1. The Morgan fingerprint density at radius 2 is 2.16 bits per heavy atom. The Morgan fingerprint density at radius 3 is 2.84 bits per heavy atom. The van der Waals surface area contributed by atoms with Crippen LogP contribution in [0.2, 0.25) is 0 Å². The molecule has 3 rings (SSSR count). The summed E-state index contributed by atoms with van der Waals surface area (Å²) in [5.41, 5.74) is 3.03. The summed E-state index contributed by atoms with van der Waals surface area (Å²) in [7, 11) is -0.959. The van der Waals surface area contributed by atoms with Crippen LogP contribution in [-0.4, -0.2) is 39.3 Å². The van der Waals surface area contributed by atoms with E-state index in [1.54, 1.807) is 0 Å². The van der Waals surface area contributed by atoms with Gasteiger partial charge in [0.2, 0.25) is 0 Å². The number of hydrogen-bond donors (Lipinski definition) is 0. The van der Waals surface area contributed by atoms with Gasteiger partial charge in [-0.15, -0.1) is 0 Å². The summed E-state index contributed by atoms with van der Waals surface area (Å²) >= 11 is 0. The number of likely N-dealkylation sites (N-methyl/N-ethyl adjacent to an activating group) is 1. The van der Waals surface area contributed by atoms with E-state index in [-0.39, 0.29) is 23.2 Å². The van der Waals surface area contributed by atoms with Crippen LogP contribution in [0.4, 0.5) is 5.69 Å². The second-order valence-electron chi connectivity index (χ2n) is 5.48. The molecule has 1 aromatic rings. The number of sulfone groups is 1. The average molecular weight is 279 g/mol. The molecule has 2 aliphatic heterocycles. The van der Waals surface area contributed by atoms with E-state index in [1.807, 2.05) is 25.2 Å². The Hall–Kier alpha value is -1.36. The van der Waals surface area contributed by atoms with Gasteiger partial charge >= 0.3 is 0 Å². The summed E-state index contributed by atoms with van der Waals surface area (Å²) in [6.45, 7) is 0.977. The number of hydrogen-bond acceptors (Lipinski definition) is 4. The first-order valence-corrected chi connectivity index (χ1v) is 8.37. The topological polar surface area (TPSA) is 54.5 Å². The highest BCUT2D eigenvalue weighted by Gasteiger charge is 2.33. The summed E-state index contributed by atoms with van der Waals surface area (Å²) < 4.78 is 22.9. The van der Waals surface area contributed by atoms with E-state index in [0.29, 0.717) is 12.0 Å². The van der Waals surface area contributed by atoms with Crippen molar-refractivity contribution in [3.8, 4) is 0 Å². The van der Waals surface area contributed by atoms with Gasteiger partial charge in [0.25, 0.3) is 0 Å². The number of anilines is 1. The van der Waals surface area contributed by atoms with Crippen LogP contribution < -0.4 is 4.90 Å². The lowest BCUT2D eigenvalue weighted by molar-refractivity contribution is 0.0933. The molecular formula is C14H17NO3S. The molecule has 0 amide bonds. The Balaban J connectivity index is 1.86. The van der Waals surface area contributed by atoms with E-state index in [4.69, 9.17) is 0 Å². The van der Waals surface area contributed by atoms with Crippen molar-refractivity contribution in [2.45, 2.75) is 12.8 Å². The predicted molar refractivity (Wildman–Crippen MR) is 74.5 cm³/mol. The van der Waals surface area contributed by atoms with Crippen molar-refractivity contribution in [3.05, 3.63) is 29.3 Å². The van der Waals surface area contributed by atoms with Crippen LogP contribution in [0, 0.1) is 5.92 Å². The lowest BCUT2D eigenvalue weighted by atomic mass is 9.95. The summed E-state index contributed by atoms with van der Waals surface area (Å²) in [6, 6.07) is 5.74. The molecule has 0 spiro atoms. The lowest BCUT2D eigenvalue weighted by Crippen LogP contribution is -2.16. The molecule has 102 valence electrons. The normalized spacial score (nSPS) is 24.5. The van der Waals surface area contributed by atoms with Crippen LogP contribution in [-0.2, 0) is 16.3 Å². The molecule has 0 saturated carbocycles. The van der Waals surface area contributed by atoms with Gasteiger partial charge in [0.15, 0.2) is 15.6 Å². The maximum absolute atomic E-state index is 12.3. The minimum absolute atomic E-state index is 0.0153. The Morgan fingerprint density at radius 1 is 1.37 bits per heavy atom. The van der Waals surface area contributed by atoms with Gasteiger partial charge in [-0.1, -0.05) is 0 Å². The molecule has 0 bridgehead atoms. The fourth-order valence-corrected chi connectivity index (χ4v) is 4.70. The maximum Gasteiger partial charge on any atom is 0.167 e. The van der Waals surface area contributed by atoms with Crippen LogP contribution in [0.5, 0.6) is 0 Å². The van der Waals surface area contributed by atoms with Gasteiger partial charge in [0.05, 0.1) is 11.5 Å². The second-order valence-corrected chi connectivity index (χ2v) is 7.71. The van der Waals surface area contributed by atoms with Crippen LogP contribution in [0.15, 0.2) is 18.2 Å². The van der Waals surface area contributed by atoms with E-state index in [9.17, 15) is 13.2 Å². The third-order valence-corrected chi connectivity index (χ3v) is 5.86. The average Bonchev–Trinajstić information content (AvgIpc) is 2.92. The minimum atomic E-state index is -3.00. The third-order valence-electron chi connectivity index (χ3n) is 4.10. The monoisotopic (exact) mass is 279 g/mol. The Kier molecular flexibility index (Phi) is 2.89. The fraction of sp³-hybridized carbons (Fsp3) is 0.500. The molecule has 1 aromatic carbocycles. The number of rotatable bonds is 2. The molecule has 1 atom stereocenters. The Labute approximate surface area is 113 Å². The molecule has 0 radical (unpaired) electrons. The van der Waals surface area contributed by atoms with Crippen molar-refractivity contribution < 1.29 is 13.2 Å². The van der Waals surface area contributed by atoms with Gasteiger partial charge in [0.1, 0.15) is 0 Å². The first-order valence-electron chi connectivity index (χ1n) is 6.55. The molecule has 5 heteroatoms. The zero-order valence-corrected chi connectivity index (χ0v) is 11.7. The highest BCUT2D eigenvalue weighted by atomic mass is 32.2. The summed E-state index contributed by atoms with van der Waals surface area (Å²) in [4.78, 5) is 14.5. The van der Waals surface area contributed by atoms with E-state index in [2.05, 4.69) is 4.90 Å². The number of Topliss-reactive ketones (excluding diaryl/α,β-unsaturated/α-hetero) is 1. The molecule has 1 fully saturated rings. The number of carbonyl (C=O) groups excluding carboxylic acids is 1. The predicted octanol–water partition coefficient (Wildman–Crippen LogP) is 1.30. The standard InChI is InChI=1S/C14H17NO3S/c1-15-6-4-10-8-11(2-3-13(10)15)14(16)12-5-7-19(17,18)9-12/h2-3,8,12H,4-7,9H2,1H3. The largest absolute Gasteiger partial charge is 0.374 e. The first kappa shape index (κ1) is 12.7. The van der Waals surface area contributed by atoms with Crippen LogP contribution in [0.3, 0.4) is 0 Å². The molecule has 2 aliphatic rings. The SMILES string of the molecule is CN1CCc2cc(C(=O)C3CCS(=O)(=O)C3)ccc21. The fourth-order valence-electron chi connectivity index (χ4n) is 2.96. The van der Waals surface area contributed by atoms with Crippen LogP contribution >= 0.6 is 0 Å². The number of carbonyl (C=O) groups is 1. The maximum atomic E-state index is 12.3. The zero-order chi connectivity index (χ0) is 13.6. The lowest BCUT2D eigenvalue weighted by Gasteiger charge is -2.13. The number of benzene rings is 1. The molecule has 0 aromatic heterocycles. The van der Waals surface area contributed by atoms with E-state index in [1.165, 1.54) is 11.3 Å². The third kappa shape index (κ3) is 2.27. The molecule has 1 saturated heterocycles. The molecule has 0 aliphatic carbocycles.